The van der Waals surface area contributed by atoms with Crippen LogP contribution in [0, 0.1) is 5.92 Å². The normalized spacial score (nSPS) is 20.8. The molecule has 0 saturated heterocycles. The van der Waals surface area contributed by atoms with Crippen molar-refractivity contribution in [1.29, 1.82) is 0 Å². The molecule has 1 aromatic rings. The summed E-state index contributed by atoms with van der Waals surface area (Å²) in [6, 6.07) is 0. The van der Waals surface area contributed by atoms with E-state index in [9.17, 15) is 0 Å². The van der Waals surface area contributed by atoms with Gasteiger partial charge in [0.15, 0.2) is 0 Å². The molecule has 4 heteroatoms. The molecule has 1 aliphatic carbocycles. The standard InChI is InChI=1S/C13H20N4/c1-2-5-11(4-1)9-17-10-12(8-15-17)16-13-6-3-7-14-13/h8,10-11H,1-7,9H2,(H,14,16). The summed E-state index contributed by atoms with van der Waals surface area (Å²) < 4.78 is 2.08. The largest absolute Gasteiger partial charge is 0.342 e. The highest BCUT2D eigenvalue weighted by Crippen LogP contribution is 2.26. The van der Waals surface area contributed by atoms with E-state index in [1.54, 1.807) is 0 Å². The Bertz CT molecular complexity index is 401. The van der Waals surface area contributed by atoms with Crippen molar-refractivity contribution in [2.24, 2.45) is 10.9 Å². The van der Waals surface area contributed by atoms with Gasteiger partial charge in [-0.2, -0.15) is 5.10 Å². The molecule has 1 N–H and O–H groups in total. The minimum absolute atomic E-state index is 0.839. The first-order chi connectivity index (χ1) is 8.40. The first-order valence-corrected chi connectivity index (χ1v) is 6.73. The summed E-state index contributed by atoms with van der Waals surface area (Å²) in [5.41, 5.74) is 1.09. The van der Waals surface area contributed by atoms with Gasteiger partial charge in [-0.15, -0.1) is 0 Å². The maximum Gasteiger partial charge on any atom is 0.101 e. The third-order valence-corrected chi connectivity index (χ3v) is 3.72. The zero-order chi connectivity index (χ0) is 11.5. The van der Waals surface area contributed by atoms with Crippen molar-refractivity contribution in [3.05, 3.63) is 12.4 Å². The Balaban J connectivity index is 1.57. The number of hydrogen-bond acceptors (Lipinski definition) is 3. The van der Waals surface area contributed by atoms with E-state index in [0.717, 1.165) is 37.0 Å². The molecule has 2 aliphatic rings. The molecular weight excluding hydrogens is 212 g/mol. The Labute approximate surface area is 102 Å². The maximum atomic E-state index is 4.42. The molecule has 0 aromatic carbocycles. The number of aromatic nitrogens is 2. The van der Waals surface area contributed by atoms with Gasteiger partial charge in [0.25, 0.3) is 0 Å². The van der Waals surface area contributed by atoms with Crippen LogP contribution in [0.4, 0.5) is 5.69 Å². The SMILES string of the molecule is c1nn(CC2CCCC2)cc1NC1=NCCC1. The first kappa shape index (κ1) is 10.8. The fourth-order valence-electron chi connectivity index (χ4n) is 2.79. The fraction of sp³-hybridized carbons (Fsp3) is 0.692. The van der Waals surface area contributed by atoms with E-state index in [4.69, 9.17) is 0 Å². The van der Waals surface area contributed by atoms with Gasteiger partial charge >= 0.3 is 0 Å². The number of rotatable bonds is 3. The first-order valence-electron chi connectivity index (χ1n) is 6.73. The minimum atomic E-state index is 0.839. The Morgan fingerprint density at radius 3 is 2.94 bits per heavy atom. The maximum absolute atomic E-state index is 4.42. The molecule has 92 valence electrons. The van der Waals surface area contributed by atoms with Crippen molar-refractivity contribution >= 4 is 11.5 Å². The Kier molecular flexibility index (Phi) is 3.12. The van der Waals surface area contributed by atoms with Crippen LogP contribution in [-0.4, -0.2) is 22.2 Å². The van der Waals surface area contributed by atoms with Crippen LogP contribution in [0.1, 0.15) is 38.5 Å². The highest BCUT2D eigenvalue weighted by molar-refractivity contribution is 5.96. The van der Waals surface area contributed by atoms with Gasteiger partial charge in [-0.3, -0.25) is 9.67 Å². The van der Waals surface area contributed by atoms with Gasteiger partial charge < -0.3 is 5.32 Å². The number of aliphatic imine (C=N–C) groups is 1. The van der Waals surface area contributed by atoms with E-state index in [1.807, 2.05) is 6.20 Å². The van der Waals surface area contributed by atoms with Crippen LogP contribution in [0.15, 0.2) is 17.4 Å². The summed E-state index contributed by atoms with van der Waals surface area (Å²) in [6.07, 6.45) is 11.8. The van der Waals surface area contributed by atoms with Crippen LogP contribution in [0.3, 0.4) is 0 Å². The van der Waals surface area contributed by atoms with E-state index in [2.05, 4.69) is 26.3 Å². The van der Waals surface area contributed by atoms with Crippen LogP contribution < -0.4 is 5.32 Å². The summed E-state index contributed by atoms with van der Waals surface area (Å²) in [6.45, 7) is 2.05. The average molecular weight is 232 g/mol. The number of nitrogens with zero attached hydrogens (tertiary/aromatic N) is 3. The number of anilines is 1. The molecule has 3 rings (SSSR count). The Hall–Kier alpha value is -1.32. The summed E-state index contributed by atoms with van der Waals surface area (Å²) in [7, 11) is 0. The Morgan fingerprint density at radius 2 is 2.18 bits per heavy atom. The highest BCUT2D eigenvalue weighted by Gasteiger charge is 2.16. The fourth-order valence-corrected chi connectivity index (χ4v) is 2.79. The van der Waals surface area contributed by atoms with Gasteiger partial charge in [0.1, 0.15) is 5.84 Å². The molecule has 0 unspecified atom stereocenters. The van der Waals surface area contributed by atoms with Gasteiger partial charge in [0.2, 0.25) is 0 Å². The quantitative estimate of drug-likeness (QED) is 0.870. The smallest absolute Gasteiger partial charge is 0.101 e. The summed E-state index contributed by atoms with van der Waals surface area (Å²) in [4.78, 5) is 4.41. The number of amidine groups is 1. The van der Waals surface area contributed by atoms with Gasteiger partial charge in [-0.1, -0.05) is 12.8 Å². The molecule has 0 atom stereocenters. The molecule has 0 bridgehead atoms. The molecule has 0 amide bonds. The van der Waals surface area contributed by atoms with Crippen molar-refractivity contribution in [3.63, 3.8) is 0 Å². The molecule has 1 aliphatic heterocycles. The molecule has 0 radical (unpaired) electrons. The molecule has 0 spiro atoms. The van der Waals surface area contributed by atoms with Crippen molar-refractivity contribution in [1.82, 2.24) is 9.78 Å². The highest BCUT2D eigenvalue weighted by atomic mass is 15.3. The molecule has 17 heavy (non-hydrogen) atoms. The zero-order valence-corrected chi connectivity index (χ0v) is 10.2. The van der Waals surface area contributed by atoms with Crippen molar-refractivity contribution in [3.8, 4) is 0 Å². The summed E-state index contributed by atoms with van der Waals surface area (Å²) >= 11 is 0. The lowest BCUT2D eigenvalue weighted by molar-refractivity contribution is 0.429. The average Bonchev–Trinajstić information content (AvgIpc) is 3.02. The van der Waals surface area contributed by atoms with Crippen molar-refractivity contribution in [2.75, 3.05) is 11.9 Å². The van der Waals surface area contributed by atoms with E-state index >= 15 is 0 Å². The predicted octanol–water partition coefficient (Wildman–Crippen LogP) is 2.68. The molecule has 1 aromatic heterocycles. The molecular formula is C13H20N4. The van der Waals surface area contributed by atoms with Gasteiger partial charge in [-0.25, -0.2) is 0 Å². The van der Waals surface area contributed by atoms with Crippen LogP contribution in [-0.2, 0) is 6.54 Å². The number of nitrogens with one attached hydrogen (secondary N) is 1. The van der Waals surface area contributed by atoms with E-state index in [-0.39, 0.29) is 0 Å². The third-order valence-electron chi connectivity index (χ3n) is 3.72. The van der Waals surface area contributed by atoms with E-state index in [1.165, 1.54) is 32.1 Å². The molecule has 1 fully saturated rings. The van der Waals surface area contributed by atoms with Crippen molar-refractivity contribution in [2.45, 2.75) is 45.1 Å². The van der Waals surface area contributed by atoms with E-state index < -0.39 is 0 Å². The van der Waals surface area contributed by atoms with Crippen LogP contribution in [0.5, 0.6) is 0 Å². The van der Waals surface area contributed by atoms with Gasteiger partial charge in [0, 0.05) is 25.7 Å². The van der Waals surface area contributed by atoms with Gasteiger partial charge in [-0.05, 0) is 25.2 Å². The lowest BCUT2D eigenvalue weighted by Gasteiger charge is -2.08. The van der Waals surface area contributed by atoms with E-state index in [0.29, 0.717) is 0 Å². The van der Waals surface area contributed by atoms with Crippen LogP contribution >= 0.6 is 0 Å². The monoisotopic (exact) mass is 232 g/mol. The molecule has 4 nitrogen and oxygen atoms in total. The second kappa shape index (κ2) is 4.90. The number of hydrogen-bond donors (Lipinski definition) is 1. The molecule has 1 saturated carbocycles. The topological polar surface area (TPSA) is 42.2 Å². The van der Waals surface area contributed by atoms with Crippen molar-refractivity contribution < 1.29 is 0 Å². The summed E-state index contributed by atoms with van der Waals surface area (Å²) in [5, 5.41) is 7.77. The predicted molar refractivity (Wildman–Crippen MR) is 69.3 cm³/mol. The van der Waals surface area contributed by atoms with Crippen LogP contribution in [0.25, 0.3) is 0 Å². The minimum Gasteiger partial charge on any atom is -0.342 e. The second-order valence-electron chi connectivity index (χ2n) is 5.16. The van der Waals surface area contributed by atoms with Gasteiger partial charge in [0.05, 0.1) is 11.9 Å². The second-order valence-corrected chi connectivity index (χ2v) is 5.16. The molecule has 2 heterocycles. The van der Waals surface area contributed by atoms with Crippen LogP contribution in [0.2, 0.25) is 0 Å². The summed E-state index contributed by atoms with van der Waals surface area (Å²) in [5.74, 6) is 1.96. The zero-order valence-electron chi connectivity index (χ0n) is 10.2. The third kappa shape index (κ3) is 2.68. The lowest BCUT2D eigenvalue weighted by Crippen LogP contribution is -2.09. The Morgan fingerprint density at radius 1 is 1.29 bits per heavy atom. The lowest BCUT2D eigenvalue weighted by atomic mass is 10.1.